The van der Waals surface area contributed by atoms with E-state index in [9.17, 15) is 0 Å². The van der Waals surface area contributed by atoms with Gasteiger partial charge in [0.25, 0.3) is 0 Å². The van der Waals surface area contributed by atoms with Crippen LogP contribution in [0.15, 0.2) is 55.0 Å². The minimum atomic E-state index is 0.504. The van der Waals surface area contributed by atoms with Gasteiger partial charge in [-0.25, -0.2) is 0 Å². The van der Waals surface area contributed by atoms with Gasteiger partial charge in [0, 0.05) is 43.2 Å². The van der Waals surface area contributed by atoms with Crippen LogP contribution in [0, 0.1) is 0 Å². The van der Waals surface area contributed by atoms with Gasteiger partial charge < -0.3 is 9.88 Å². The van der Waals surface area contributed by atoms with Crippen molar-refractivity contribution < 1.29 is 0 Å². The molecule has 0 unspecified atom stereocenters. The molecule has 0 saturated heterocycles. The first-order chi connectivity index (χ1) is 10.2. The number of pyridine rings is 1. The molecule has 108 valence electrons. The van der Waals surface area contributed by atoms with E-state index >= 15 is 0 Å². The van der Waals surface area contributed by atoms with Crippen molar-refractivity contribution in [1.82, 2.24) is 14.9 Å². The summed E-state index contributed by atoms with van der Waals surface area (Å²) in [4.78, 5) is 4.07. The fraction of sp³-hybridized carbons (Fsp3) is 0.278. The molecule has 3 nitrogen and oxygen atoms in total. The molecule has 21 heavy (non-hydrogen) atoms. The lowest BCUT2D eigenvalue weighted by Gasteiger charge is -2.10. The van der Waals surface area contributed by atoms with E-state index in [2.05, 4.69) is 71.3 Å². The zero-order valence-corrected chi connectivity index (χ0v) is 12.6. The zero-order chi connectivity index (χ0) is 14.7. The number of rotatable bonds is 5. The minimum absolute atomic E-state index is 0.504. The van der Waals surface area contributed by atoms with Crippen molar-refractivity contribution in [2.75, 3.05) is 0 Å². The predicted molar refractivity (Wildman–Crippen MR) is 87.3 cm³/mol. The number of benzene rings is 1. The van der Waals surface area contributed by atoms with E-state index in [-0.39, 0.29) is 0 Å². The van der Waals surface area contributed by atoms with Crippen LogP contribution >= 0.6 is 0 Å². The highest BCUT2D eigenvalue weighted by Gasteiger charge is 2.04. The van der Waals surface area contributed by atoms with Crippen LogP contribution in [0.4, 0.5) is 0 Å². The molecular weight excluding hydrogens is 258 g/mol. The van der Waals surface area contributed by atoms with Crippen molar-refractivity contribution in [1.29, 1.82) is 0 Å². The van der Waals surface area contributed by atoms with Gasteiger partial charge in [-0.05, 0) is 40.8 Å². The first-order valence-electron chi connectivity index (χ1n) is 7.42. The van der Waals surface area contributed by atoms with Gasteiger partial charge in [0.15, 0.2) is 0 Å². The molecule has 3 heteroatoms. The van der Waals surface area contributed by atoms with E-state index < -0.39 is 0 Å². The smallest absolute Gasteiger partial charge is 0.0486 e. The Labute approximate surface area is 125 Å². The van der Waals surface area contributed by atoms with Crippen molar-refractivity contribution in [3.8, 4) is 0 Å². The molecule has 1 aromatic carbocycles. The maximum absolute atomic E-state index is 4.07. The van der Waals surface area contributed by atoms with Crippen LogP contribution in [0.3, 0.4) is 0 Å². The summed E-state index contributed by atoms with van der Waals surface area (Å²) in [6.45, 7) is 6.14. The van der Waals surface area contributed by atoms with E-state index in [0.29, 0.717) is 6.04 Å². The Morgan fingerprint density at radius 2 is 1.86 bits per heavy atom. The van der Waals surface area contributed by atoms with E-state index in [1.807, 2.05) is 12.4 Å². The van der Waals surface area contributed by atoms with Crippen LogP contribution in [0.2, 0.25) is 0 Å². The third-order valence-electron chi connectivity index (χ3n) is 3.66. The lowest BCUT2D eigenvalue weighted by molar-refractivity contribution is 0.589. The summed E-state index contributed by atoms with van der Waals surface area (Å²) >= 11 is 0. The summed E-state index contributed by atoms with van der Waals surface area (Å²) in [5.74, 6) is 0. The maximum atomic E-state index is 4.07. The SMILES string of the molecule is CC(C)NCc1ccc2ccn(Cc3ccncc3)c2c1. The topological polar surface area (TPSA) is 29.9 Å². The average molecular weight is 279 g/mol. The highest BCUT2D eigenvalue weighted by atomic mass is 15.0. The molecule has 3 aromatic rings. The molecule has 0 amide bonds. The summed E-state index contributed by atoms with van der Waals surface area (Å²) in [7, 11) is 0. The normalized spacial score (nSPS) is 11.4. The third-order valence-corrected chi connectivity index (χ3v) is 3.66. The molecule has 2 aromatic heterocycles. The summed E-state index contributed by atoms with van der Waals surface area (Å²) in [6.07, 6.45) is 5.85. The van der Waals surface area contributed by atoms with Crippen LogP contribution in [0.5, 0.6) is 0 Å². The summed E-state index contributed by atoms with van der Waals surface area (Å²) < 4.78 is 2.30. The molecule has 2 heterocycles. The van der Waals surface area contributed by atoms with Crippen LogP contribution in [-0.2, 0) is 13.1 Å². The standard InChI is InChI=1S/C18H21N3/c1-14(2)20-12-16-3-4-17-7-10-21(18(17)11-16)13-15-5-8-19-9-6-15/h3-11,14,20H,12-13H2,1-2H3. The largest absolute Gasteiger partial charge is 0.343 e. The van der Waals surface area contributed by atoms with Crippen molar-refractivity contribution in [3.63, 3.8) is 0 Å². The predicted octanol–water partition coefficient (Wildman–Crippen LogP) is 3.58. The lowest BCUT2D eigenvalue weighted by atomic mass is 10.1. The van der Waals surface area contributed by atoms with E-state index in [1.165, 1.54) is 22.0 Å². The molecular formula is C18H21N3. The molecule has 0 radical (unpaired) electrons. The van der Waals surface area contributed by atoms with Crippen LogP contribution in [-0.4, -0.2) is 15.6 Å². The second-order valence-electron chi connectivity index (χ2n) is 5.73. The fourth-order valence-corrected chi connectivity index (χ4v) is 2.48. The summed E-state index contributed by atoms with van der Waals surface area (Å²) in [6, 6.07) is 13.5. The maximum Gasteiger partial charge on any atom is 0.0486 e. The van der Waals surface area contributed by atoms with Gasteiger partial charge in [0.2, 0.25) is 0 Å². The highest BCUT2D eigenvalue weighted by Crippen LogP contribution is 2.19. The number of fused-ring (bicyclic) bond motifs is 1. The Kier molecular flexibility index (Phi) is 4.02. The van der Waals surface area contributed by atoms with Crippen LogP contribution < -0.4 is 5.32 Å². The molecule has 0 spiro atoms. The van der Waals surface area contributed by atoms with Gasteiger partial charge in [-0.2, -0.15) is 0 Å². The molecule has 0 fully saturated rings. The highest BCUT2D eigenvalue weighted by molar-refractivity contribution is 5.80. The Morgan fingerprint density at radius 3 is 2.62 bits per heavy atom. The average Bonchev–Trinajstić information content (AvgIpc) is 2.89. The van der Waals surface area contributed by atoms with Crippen molar-refractivity contribution >= 4 is 10.9 Å². The van der Waals surface area contributed by atoms with Crippen molar-refractivity contribution in [2.45, 2.75) is 33.0 Å². The lowest BCUT2D eigenvalue weighted by Crippen LogP contribution is -2.21. The van der Waals surface area contributed by atoms with E-state index in [1.54, 1.807) is 0 Å². The molecule has 0 atom stereocenters. The van der Waals surface area contributed by atoms with Crippen LogP contribution in [0.25, 0.3) is 10.9 Å². The summed E-state index contributed by atoms with van der Waals surface area (Å²) in [5.41, 5.74) is 3.88. The molecule has 0 aliphatic rings. The number of nitrogens with one attached hydrogen (secondary N) is 1. The number of hydrogen-bond donors (Lipinski definition) is 1. The molecule has 0 aliphatic carbocycles. The van der Waals surface area contributed by atoms with Gasteiger partial charge in [-0.1, -0.05) is 26.0 Å². The number of hydrogen-bond acceptors (Lipinski definition) is 2. The van der Waals surface area contributed by atoms with Gasteiger partial charge >= 0.3 is 0 Å². The Hall–Kier alpha value is -2.13. The minimum Gasteiger partial charge on any atom is -0.343 e. The summed E-state index contributed by atoms with van der Waals surface area (Å²) in [5, 5.41) is 4.76. The molecule has 3 rings (SSSR count). The second kappa shape index (κ2) is 6.10. The van der Waals surface area contributed by atoms with E-state index in [4.69, 9.17) is 0 Å². The number of nitrogens with zero attached hydrogens (tertiary/aromatic N) is 2. The van der Waals surface area contributed by atoms with Crippen molar-refractivity contribution in [2.24, 2.45) is 0 Å². The van der Waals surface area contributed by atoms with Crippen molar-refractivity contribution in [3.05, 3.63) is 66.1 Å². The van der Waals surface area contributed by atoms with Gasteiger partial charge in [-0.15, -0.1) is 0 Å². The number of aromatic nitrogens is 2. The molecule has 1 N–H and O–H groups in total. The second-order valence-corrected chi connectivity index (χ2v) is 5.73. The fourth-order valence-electron chi connectivity index (χ4n) is 2.48. The third kappa shape index (κ3) is 3.31. The zero-order valence-electron chi connectivity index (χ0n) is 12.6. The molecule has 0 bridgehead atoms. The van der Waals surface area contributed by atoms with Gasteiger partial charge in [0.05, 0.1) is 0 Å². The molecule has 0 aliphatic heterocycles. The Bertz CT molecular complexity index is 714. The first kappa shape index (κ1) is 13.8. The quantitative estimate of drug-likeness (QED) is 0.773. The first-order valence-corrected chi connectivity index (χ1v) is 7.42. The Balaban J connectivity index is 1.87. The van der Waals surface area contributed by atoms with E-state index in [0.717, 1.165) is 13.1 Å². The van der Waals surface area contributed by atoms with Crippen LogP contribution in [0.1, 0.15) is 25.0 Å². The van der Waals surface area contributed by atoms with Gasteiger partial charge in [-0.3, -0.25) is 4.98 Å². The van der Waals surface area contributed by atoms with Gasteiger partial charge in [0.1, 0.15) is 0 Å². The monoisotopic (exact) mass is 279 g/mol. The molecule has 0 saturated carbocycles. The Morgan fingerprint density at radius 1 is 1.05 bits per heavy atom.